The number of hydrogen-bond acceptors (Lipinski definition) is 7. The molecule has 9 nitrogen and oxygen atoms in total. The van der Waals surface area contributed by atoms with Gasteiger partial charge in [-0.3, -0.25) is 14.8 Å². The molecule has 2 N–H and O–H groups in total. The van der Waals surface area contributed by atoms with E-state index >= 15 is 0 Å². The number of rotatable bonds is 5. The van der Waals surface area contributed by atoms with Gasteiger partial charge in [0, 0.05) is 25.4 Å². The van der Waals surface area contributed by atoms with Gasteiger partial charge < -0.3 is 10.6 Å². The molecule has 0 bridgehead atoms. The zero-order chi connectivity index (χ0) is 18.0. The molecule has 0 saturated heterocycles. The molecular weight excluding hydrogens is 353 g/mol. The maximum atomic E-state index is 13.9. The van der Waals surface area contributed by atoms with Crippen molar-refractivity contribution in [3.05, 3.63) is 57.9 Å². The van der Waals surface area contributed by atoms with Crippen molar-refractivity contribution in [1.29, 1.82) is 0 Å². The van der Waals surface area contributed by atoms with Gasteiger partial charge in [-0.05, 0) is 6.07 Å². The molecule has 0 aliphatic heterocycles. The van der Waals surface area contributed by atoms with Crippen molar-refractivity contribution < 1.29 is 9.31 Å². The number of nitrogens with zero attached hydrogens (tertiary/aromatic N) is 5. The molecule has 0 saturated carbocycles. The van der Waals surface area contributed by atoms with Crippen LogP contribution in [0.15, 0.2) is 36.8 Å². The number of aryl methyl sites for hydroxylation is 1. The summed E-state index contributed by atoms with van der Waals surface area (Å²) in [5.74, 6) is -0.296. The Hall–Kier alpha value is -3.27. The summed E-state index contributed by atoms with van der Waals surface area (Å²) in [4.78, 5) is 18.4. The first kappa shape index (κ1) is 16.6. The molecule has 0 aliphatic rings. The number of halogens is 2. The summed E-state index contributed by atoms with van der Waals surface area (Å²) >= 11 is 5.97. The van der Waals surface area contributed by atoms with E-state index in [0.29, 0.717) is 11.5 Å². The van der Waals surface area contributed by atoms with Crippen LogP contribution < -0.4 is 10.6 Å². The van der Waals surface area contributed by atoms with Crippen molar-refractivity contribution in [2.24, 2.45) is 7.05 Å². The number of nitro benzene ring substituents is 1. The van der Waals surface area contributed by atoms with Gasteiger partial charge in [-0.25, -0.2) is 14.4 Å². The van der Waals surface area contributed by atoms with Crippen molar-refractivity contribution >= 4 is 40.3 Å². The summed E-state index contributed by atoms with van der Waals surface area (Å²) in [6, 6.07) is 3.10. The minimum atomic E-state index is -0.686. The Bertz CT molecular complexity index is 947. The third-order valence-electron chi connectivity index (χ3n) is 3.12. The van der Waals surface area contributed by atoms with Gasteiger partial charge in [0.2, 0.25) is 0 Å². The quantitative estimate of drug-likeness (QED) is 0.527. The number of nitro groups is 1. The molecule has 0 spiro atoms. The minimum Gasteiger partial charge on any atom is -0.336 e. The van der Waals surface area contributed by atoms with Gasteiger partial charge in [0.15, 0.2) is 16.8 Å². The number of non-ortho nitro benzene ring substituents is 1. The van der Waals surface area contributed by atoms with E-state index in [2.05, 4.69) is 25.7 Å². The maximum absolute atomic E-state index is 13.9. The molecule has 0 aliphatic carbocycles. The Morgan fingerprint density at radius 2 is 2.12 bits per heavy atom. The zero-order valence-corrected chi connectivity index (χ0v) is 13.5. The molecule has 3 aromatic rings. The monoisotopic (exact) mass is 363 g/mol. The van der Waals surface area contributed by atoms with Crippen LogP contribution >= 0.6 is 11.6 Å². The van der Waals surface area contributed by atoms with Crippen molar-refractivity contribution in [1.82, 2.24) is 19.7 Å². The number of benzene rings is 1. The predicted octanol–water partition coefficient (Wildman–Crippen LogP) is 3.40. The number of hydrogen-bond donors (Lipinski definition) is 2. The molecular formula is C14H11ClFN7O2. The van der Waals surface area contributed by atoms with Crippen molar-refractivity contribution in [2.75, 3.05) is 10.6 Å². The summed E-state index contributed by atoms with van der Waals surface area (Å²) in [7, 11) is 1.76. The van der Waals surface area contributed by atoms with Crippen LogP contribution in [0, 0.1) is 15.9 Å². The van der Waals surface area contributed by atoms with Crippen LogP contribution in [-0.2, 0) is 7.05 Å². The first-order chi connectivity index (χ1) is 11.9. The van der Waals surface area contributed by atoms with E-state index in [1.165, 1.54) is 6.20 Å². The van der Waals surface area contributed by atoms with Crippen LogP contribution in [0.25, 0.3) is 0 Å². The molecule has 11 heteroatoms. The van der Waals surface area contributed by atoms with Crippen LogP contribution in [0.5, 0.6) is 0 Å². The molecule has 1 aromatic carbocycles. The average molecular weight is 364 g/mol. The van der Waals surface area contributed by atoms with E-state index in [9.17, 15) is 14.5 Å². The number of aromatic nitrogens is 4. The van der Waals surface area contributed by atoms with Gasteiger partial charge in [-0.2, -0.15) is 5.10 Å². The molecule has 2 aromatic heterocycles. The summed E-state index contributed by atoms with van der Waals surface area (Å²) in [6.45, 7) is 0. The molecule has 0 atom stereocenters. The Morgan fingerprint density at radius 1 is 1.32 bits per heavy atom. The third-order valence-corrected chi connectivity index (χ3v) is 3.40. The van der Waals surface area contributed by atoms with E-state index in [1.807, 2.05) is 0 Å². The second-order valence-electron chi connectivity index (χ2n) is 4.97. The fourth-order valence-electron chi connectivity index (χ4n) is 2.00. The third kappa shape index (κ3) is 3.80. The fourth-order valence-corrected chi connectivity index (χ4v) is 2.14. The van der Waals surface area contributed by atoms with Gasteiger partial charge in [-0.15, -0.1) is 0 Å². The SMILES string of the molecule is Cn1cc(Nc2cnc(Cl)c(Nc3cc([N+](=O)[O-])ccc3F)n2)cn1. The van der Waals surface area contributed by atoms with Crippen LogP contribution in [0.1, 0.15) is 0 Å². The molecule has 3 rings (SSSR count). The predicted molar refractivity (Wildman–Crippen MR) is 89.9 cm³/mol. The Morgan fingerprint density at radius 3 is 2.80 bits per heavy atom. The highest BCUT2D eigenvalue weighted by Crippen LogP contribution is 2.28. The Kier molecular flexibility index (Phi) is 4.44. The number of nitrogens with one attached hydrogen (secondary N) is 2. The topological polar surface area (TPSA) is 111 Å². The smallest absolute Gasteiger partial charge is 0.271 e. The van der Waals surface area contributed by atoms with Crippen molar-refractivity contribution in [2.45, 2.75) is 0 Å². The highest BCUT2D eigenvalue weighted by Gasteiger charge is 2.14. The highest BCUT2D eigenvalue weighted by atomic mass is 35.5. The van der Waals surface area contributed by atoms with Crippen molar-refractivity contribution in [3.8, 4) is 0 Å². The molecule has 2 heterocycles. The largest absolute Gasteiger partial charge is 0.336 e. The maximum Gasteiger partial charge on any atom is 0.271 e. The van der Waals surface area contributed by atoms with Gasteiger partial charge in [0.1, 0.15) is 5.82 Å². The van der Waals surface area contributed by atoms with Crippen LogP contribution in [0.4, 0.5) is 33.1 Å². The number of anilines is 4. The van der Waals surface area contributed by atoms with E-state index in [0.717, 1.165) is 18.2 Å². The van der Waals surface area contributed by atoms with Crippen LogP contribution in [0.2, 0.25) is 5.15 Å². The summed E-state index contributed by atoms with van der Waals surface area (Å²) in [6.07, 6.45) is 4.71. The van der Waals surface area contributed by atoms with Crippen molar-refractivity contribution in [3.63, 3.8) is 0 Å². The van der Waals surface area contributed by atoms with E-state index in [-0.39, 0.29) is 22.3 Å². The summed E-state index contributed by atoms with van der Waals surface area (Å²) < 4.78 is 15.5. The lowest BCUT2D eigenvalue weighted by atomic mass is 10.2. The Balaban J connectivity index is 1.88. The lowest BCUT2D eigenvalue weighted by molar-refractivity contribution is -0.384. The summed E-state index contributed by atoms with van der Waals surface area (Å²) in [5, 5.41) is 20.4. The lowest BCUT2D eigenvalue weighted by Crippen LogP contribution is -2.02. The zero-order valence-electron chi connectivity index (χ0n) is 12.8. The first-order valence-electron chi connectivity index (χ1n) is 6.91. The fraction of sp³-hybridized carbons (Fsp3) is 0.0714. The molecule has 25 heavy (non-hydrogen) atoms. The second kappa shape index (κ2) is 6.69. The second-order valence-corrected chi connectivity index (χ2v) is 5.33. The van der Waals surface area contributed by atoms with Crippen LogP contribution in [-0.4, -0.2) is 24.7 Å². The van der Waals surface area contributed by atoms with E-state index < -0.39 is 10.7 Å². The first-order valence-corrected chi connectivity index (χ1v) is 7.29. The van der Waals surface area contributed by atoms with Gasteiger partial charge in [-0.1, -0.05) is 11.6 Å². The van der Waals surface area contributed by atoms with Gasteiger partial charge in [0.05, 0.1) is 28.7 Å². The summed E-state index contributed by atoms with van der Waals surface area (Å²) in [5.41, 5.74) is 0.271. The van der Waals surface area contributed by atoms with Gasteiger partial charge in [0.25, 0.3) is 5.69 Å². The minimum absolute atomic E-state index is 0.0114. The van der Waals surface area contributed by atoms with E-state index in [1.54, 1.807) is 24.1 Å². The molecule has 0 amide bonds. The molecule has 0 radical (unpaired) electrons. The lowest BCUT2D eigenvalue weighted by Gasteiger charge is -2.10. The molecule has 128 valence electrons. The average Bonchev–Trinajstić information content (AvgIpc) is 2.97. The standard InChI is InChI=1S/C14H11ClFN7O2/c1-22-7-8(5-18-22)19-12-6-17-13(15)14(21-12)20-11-4-9(23(24)25)2-3-10(11)16/h2-7H,1H3,(H2,19,20,21). The molecule has 0 unspecified atom stereocenters. The van der Waals surface area contributed by atoms with Gasteiger partial charge >= 0.3 is 0 Å². The Labute approximate surface area is 145 Å². The highest BCUT2D eigenvalue weighted by molar-refractivity contribution is 6.31. The molecule has 0 fully saturated rings. The van der Waals surface area contributed by atoms with Crippen LogP contribution in [0.3, 0.4) is 0 Å². The normalized spacial score (nSPS) is 10.5. The van der Waals surface area contributed by atoms with E-state index in [4.69, 9.17) is 11.6 Å².